The maximum atomic E-state index is 11.2. The first kappa shape index (κ1) is 16.7. The van der Waals surface area contributed by atoms with Crippen LogP contribution in [0.5, 0.6) is 0 Å². The average Bonchev–Trinajstić information content (AvgIpc) is 2.34. The highest BCUT2D eigenvalue weighted by atomic mass is 32.1. The van der Waals surface area contributed by atoms with Crippen LogP contribution in [-0.2, 0) is 19.1 Å². The predicted molar refractivity (Wildman–Crippen MR) is 69.4 cm³/mol. The molecule has 0 bridgehead atoms. The first-order chi connectivity index (χ1) is 8.60. The molecule has 7 nitrogen and oxygen atoms in total. The molecule has 3 N–H and O–H groups in total. The van der Waals surface area contributed by atoms with Crippen LogP contribution >= 0.6 is 12.6 Å². The zero-order valence-electron chi connectivity index (χ0n) is 10.3. The van der Waals surface area contributed by atoms with Gasteiger partial charge in [0, 0.05) is 12.3 Å². The van der Waals surface area contributed by atoms with E-state index in [1.54, 1.807) is 6.92 Å². The van der Waals surface area contributed by atoms with Crippen molar-refractivity contribution >= 4 is 30.4 Å². The van der Waals surface area contributed by atoms with Crippen molar-refractivity contribution in [2.24, 2.45) is 0 Å². The summed E-state index contributed by atoms with van der Waals surface area (Å²) in [5, 5.41) is 7.57. The molecule has 0 aromatic rings. The summed E-state index contributed by atoms with van der Waals surface area (Å²) >= 11 is 3.97. The number of rotatable bonds is 9. The number of ether oxygens (including phenoxy) is 1. The number of carbonyl (C=O) groups is 3. The monoisotopic (exact) mass is 277 g/mol. The van der Waals surface area contributed by atoms with Gasteiger partial charge in [-0.05, 0) is 6.92 Å². The van der Waals surface area contributed by atoms with Gasteiger partial charge in [-0.1, -0.05) is 0 Å². The molecule has 0 fully saturated rings. The second-order valence-electron chi connectivity index (χ2n) is 3.26. The highest BCUT2D eigenvalue weighted by Gasteiger charge is 2.07. The van der Waals surface area contributed by atoms with E-state index < -0.39 is 11.9 Å². The molecule has 0 saturated heterocycles. The first-order valence-electron chi connectivity index (χ1n) is 5.60. The van der Waals surface area contributed by atoms with E-state index in [1.807, 2.05) is 0 Å². The van der Waals surface area contributed by atoms with Crippen molar-refractivity contribution < 1.29 is 19.1 Å². The number of hydrogen-bond donors (Lipinski definition) is 4. The maximum Gasteiger partial charge on any atom is 0.325 e. The highest BCUT2D eigenvalue weighted by Crippen LogP contribution is 1.75. The lowest BCUT2D eigenvalue weighted by molar-refractivity contribution is -0.143. The molecular weight excluding hydrogens is 258 g/mol. The van der Waals surface area contributed by atoms with Gasteiger partial charge in [0.2, 0.25) is 11.8 Å². The van der Waals surface area contributed by atoms with Crippen molar-refractivity contribution in [2.45, 2.75) is 6.92 Å². The Morgan fingerprint density at radius 1 is 1.06 bits per heavy atom. The van der Waals surface area contributed by atoms with Crippen LogP contribution in [0.2, 0.25) is 0 Å². The second-order valence-corrected chi connectivity index (χ2v) is 3.71. The number of esters is 1. The number of thiol groups is 1. The Balaban J connectivity index is 3.57. The predicted octanol–water partition coefficient (Wildman–Crippen LogP) is -1.70. The smallest absolute Gasteiger partial charge is 0.325 e. The second kappa shape index (κ2) is 10.8. The summed E-state index contributed by atoms with van der Waals surface area (Å²) < 4.78 is 4.63. The maximum absolute atomic E-state index is 11.2. The third-order valence-corrected chi connectivity index (χ3v) is 1.98. The summed E-state index contributed by atoms with van der Waals surface area (Å²) in [6, 6.07) is 0. The molecule has 0 aliphatic carbocycles. The summed E-state index contributed by atoms with van der Waals surface area (Å²) in [4.78, 5) is 33.3. The van der Waals surface area contributed by atoms with Gasteiger partial charge in [0.05, 0.1) is 19.7 Å². The van der Waals surface area contributed by atoms with Crippen molar-refractivity contribution in [2.75, 3.05) is 38.5 Å². The Hall–Kier alpha value is -1.28. The van der Waals surface area contributed by atoms with Crippen molar-refractivity contribution in [3.63, 3.8) is 0 Å². The molecule has 8 heteroatoms. The quantitative estimate of drug-likeness (QED) is 0.229. The van der Waals surface area contributed by atoms with Gasteiger partial charge in [-0.2, -0.15) is 12.6 Å². The van der Waals surface area contributed by atoms with Gasteiger partial charge in [0.1, 0.15) is 6.54 Å². The lowest BCUT2D eigenvalue weighted by Crippen LogP contribution is -2.42. The van der Waals surface area contributed by atoms with E-state index in [4.69, 9.17) is 0 Å². The Kier molecular flexibility index (Phi) is 10.1. The van der Waals surface area contributed by atoms with Gasteiger partial charge in [0.25, 0.3) is 0 Å². The van der Waals surface area contributed by atoms with Crippen LogP contribution in [0.25, 0.3) is 0 Å². The minimum Gasteiger partial charge on any atom is -0.465 e. The fourth-order valence-corrected chi connectivity index (χ4v) is 1.13. The minimum atomic E-state index is -0.507. The molecule has 0 rings (SSSR count). The zero-order chi connectivity index (χ0) is 13.8. The standard InChI is InChI=1S/C10H19N3O4S/c1-2-17-10(16)7-13-9(15)6-12-8(14)5-11-3-4-18/h11,18H,2-7H2,1H3,(H,12,14)(H,13,15). The largest absolute Gasteiger partial charge is 0.465 e. The Labute approximate surface area is 111 Å². The van der Waals surface area contributed by atoms with Crippen molar-refractivity contribution in [1.29, 1.82) is 0 Å². The molecular formula is C10H19N3O4S. The van der Waals surface area contributed by atoms with Gasteiger partial charge < -0.3 is 20.7 Å². The molecule has 0 spiro atoms. The third kappa shape index (κ3) is 9.91. The number of amides is 2. The first-order valence-corrected chi connectivity index (χ1v) is 6.24. The van der Waals surface area contributed by atoms with Crippen molar-refractivity contribution in [3.8, 4) is 0 Å². The van der Waals surface area contributed by atoms with Crippen LogP contribution in [0.1, 0.15) is 6.92 Å². The normalized spacial score (nSPS) is 9.67. The van der Waals surface area contributed by atoms with E-state index >= 15 is 0 Å². The van der Waals surface area contributed by atoms with Crippen LogP contribution in [-0.4, -0.2) is 56.3 Å². The van der Waals surface area contributed by atoms with Crippen LogP contribution in [0.4, 0.5) is 0 Å². The molecule has 0 aliphatic rings. The minimum absolute atomic E-state index is 0.131. The lowest BCUT2D eigenvalue weighted by Gasteiger charge is -2.07. The van der Waals surface area contributed by atoms with E-state index in [1.165, 1.54) is 0 Å². The SMILES string of the molecule is CCOC(=O)CNC(=O)CNC(=O)CNCCS. The fraction of sp³-hybridized carbons (Fsp3) is 0.700. The molecule has 0 aromatic carbocycles. The molecule has 0 heterocycles. The van der Waals surface area contributed by atoms with E-state index in [0.29, 0.717) is 12.3 Å². The molecule has 18 heavy (non-hydrogen) atoms. The highest BCUT2D eigenvalue weighted by molar-refractivity contribution is 7.80. The van der Waals surface area contributed by atoms with Gasteiger partial charge >= 0.3 is 5.97 Å². The topological polar surface area (TPSA) is 96.5 Å². The Morgan fingerprint density at radius 2 is 1.67 bits per heavy atom. The molecule has 104 valence electrons. The average molecular weight is 277 g/mol. The van der Waals surface area contributed by atoms with Gasteiger partial charge in [-0.25, -0.2) is 0 Å². The molecule has 2 amide bonds. The number of hydrogen-bond acceptors (Lipinski definition) is 6. The van der Waals surface area contributed by atoms with Crippen molar-refractivity contribution in [1.82, 2.24) is 16.0 Å². The fourth-order valence-electron chi connectivity index (χ4n) is 0.968. The molecule has 0 atom stereocenters. The van der Waals surface area contributed by atoms with E-state index in [0.717, 1.165) is 0 Å². The Bertz CT molecular complexity index is 286. The molecule has 0 unspecified atom stereocenters. The van der Waals surface area contributed by atoms with E-state index in [-0.39, 0.29) is 32.1 Å². The number of nitrogens with one attached hydrogen (secondary N) is 3. The zero-order valence-corrected chi connectivity index (χ0v) is 11.2. The van der Waals surface area contributed by atoms with Gasteiger partial charge in [0.15, 0.2) is 0 Å². The summed E-state index contributed by atoms with van der Waals surface area (Å²) in [6.07, 6.45) is 0. The molecule has 0 aromatic heterocycles. The van der Waals surface area contributed by atoms with Crippen LogP contribution in [0, 0.1) is 0 Å². The summed E-state index contributed by atoms with van der Waals surface area (Å²) in [5.41, 5.74) is 0. The summed E-state index contributed by atoms with van der Waals surface area (Å²) in [5.74, 6) is -0.603. The van der Waals surface area contributed by atoms with Crippen LogP contribution in [0.15, 0.2) is 0 Å². The van der Waals surface area contributed by atoms with Crippen LogP contribution in [0.3, 0.4) is 0 Å². The van der Waals surface area contributed by atoms with Gasteiger partial charge in [-0.15, -0.1) is 0 Å². The molecule has 0 radical (unpaired) electrons. The summed E-state index contributed by atoms with van der Waals surface area (Å²) in [6.45, 7) is 2.33. The van der Waals surface area contributed by atoms with E-state index in [2.05, 4.69) is 33.3 Å². The summed E-state index contributed by atoms with van der Waals surface area (Å²) in [7, 11) is 0. The Morgan fingerprint density at radius 3 is 2.28 bits per heavy atom. The van der Waals surface area contributed by atoms with Crippen molar-refractivity contribution in [3.05, 3.63) is 0 Å². The lowest BCUT2D eigenvalue weighted by atomic mass is 10.5. The van der Waals surface area contributed by atoms with Crippen LogP contribution < -0.4 is 16.0 Å². The van der Waals surface area contributed by atoms with Gasteiger partial charge in [-0.3, -0.25) is 14.4 Å². The third-order valence-electron chi connectivity index (χ3n) is 1.76. The molecule has 0 aliphatic heterocycles. The molecule has 0 saturated carbocycles. The number of carbonyl (C=O) groups excluding carboxylic acids is 3. The van der Waals surface area contributed by atoms with E-state index in [9.17, 15) is 14.4 Å².